The number of rotatable bonds is 4. The van der Waals surface area contributed by atoms with Gasteiger partial charge in [0.1, 0.15) is 5.75 Å². The first-order valence-electron chi connectivity index (χ1n) is 11.9. The third kappa shape index (κ3) is 4.40. The predicted molar refractivity (Wildman–Crippen MR) is 146 cm³/mol. The molecule has 0 heterocycles. The zero-order valence-corrected chi connectivity index (χ0v) is 22.2. The molecule has 4 rings (SSSR count). The minimum atomic E-state index is -0.259. The van der Waals surface area contributed by atoms with Crippen LogP contribution in [0.15, 0.2) is 93.5 Å². The lowest BCUT2D eigenvalue weighted by Gasteiger charge is -2.21. The average molecular weight is 468 g/mol. The van der Waals surface area contributed by atoms with Crippen LogP contribution >= 0.6 is 0 Å². The Labute approximate surface area is 207 Å². The highest BCUT2D eigenvalue weighted by atomic mass is 32.2. The molecule has 1 unspecified atom stereocenters. The first-order valence-corrected chi connectivity index (χ1v) is 13.1. The van der Waals surface area contributed by atoms with Crippen molar-refractivity contribution in [2.24, 2.45) is 0 Å². The van der Waals surface area contributed by atoms with Crippen LogP contribution in [0.4, 0.5) is 0 Å². The Morgan fingerprint density at radius 2 is 1.09 bits per heavy atom. The van der Waals surface area contributed by atoms with E-state index < -0.39 is 0 Å². The van der Waals surface area contributed by atoms with Gasteiger partial charge in [-0.25, -0.2) is 0 Å². The van der Waals surface area contributed by atoms with E-state index in [9.17, 15) is 5.11 Å². The molecule has 0 radical (unpaired) electrons. The maximum atomic E-state index is 10.7. The van der Waals surface area contributed by atoms with Gasteiger partial charge in [-0.05, 0) is 103 Å². The summed E-state index contributed by atoms with van der Waals surface area (Å²) in [5, 5.41) is 10.7. The molecule has 0 fully saturated rings. The lowest BCUT2D eigenvalue weighted by atomic mass is 9.87. The van der Waals surface area contributed by atoms with Crippen molar-refractivity contribution in [3.05, 3.63) is 107 Å². The maximum Gasteiger partial charge on any atom is 0.174 e. The van der Waals surface area contributed by atoms with Gasteiger partial charge in [-0.2, -0.15) is 0 Å². The highest BCUT2D eigenvalue weighted by molar-refractivity contribution is 7.97. The second kappa shape index (κ2) is 9.35. The summed E-state index contributed by atoms with van der Waals surface area (Å²) in [6.45, 7) is 15.1. The topological polar surface area (TPSA) is 20.2 Å². The average Bonchev–Trinajstić information content (AvgIpc) is 2.83. The summed E-state index contributed by atoms with van der Waals surface area (Å²) >= 11 is 0. The van der Waals surface area contributed by atoms with E-state index in [4.69, 9.17) is 0 Å². The molecule has 174 valence electrons. The SMILES string of the molecule is Cc1c(C)c(-c2ccccc2[S+](c2ccccc2)c2ccc(C(C)(C)C)cc2)c(C)c(C)c1O. The van der Waals surface area contributed by atoms with Gasteiger partial charge >= 0.3 is 0 Å². The van der Waals surface area contributed by atoms with Crippen LogP contribution in [0, 0.1) is 27.7 Å². The van der Waals surface area contributed by atoms with E-state index in [2.05, 4.69) is 113 Å². The number of benzene rings is 4. The summed E-state index contributed by atoms with van der Waals surface area (Å²) in [6.07, 6.45) is 0. The quantitative estimate of drug-likeness (QED) is 0.298. The highest BCUT2D eigenvalue weighted by Crippen LogP contribution is 2.43. The zero-order chi connectivity index (χ0) is 24.6. The Balaban J connectivity index is 1.98. The maximum absolute atomic E-state index is 10.7. The summed E-state index contributed by atoms with van der Waals surface area (Å²) in [6, 6.07) is 28.8. The second-order valence-corrected chi connectivity index (χ2v) is 12.1. The molecule has 0 saturated carbocycles. The Hall–Kier alpha value is -2.97. The van der Waals surface area contributed by atoms with Gasteiger partial charge in [0.15, 0.2) is 14.7 Å². The minimum Gasteiger partial charge on any atom is -0.507 e. The Kier molecular flexibility index (Phi) is 6.64. The van der Waals surface area contributed by atoms with Crippen molar-refractivity contribution < 1.29 is 5.11 Å². The van der Waals surface area contributed by atoms with E-state index in [1.807, 2.05) is 13.8 Å². The number of aromatic hydroxyl groups is 1. The molecular formula is C32H35OS+. The van der Waals surface area contributed by atoms with Gasteiger partial charge in [-0.1, -0.05) is 63.2 Å². The van der Waals surface area contributed by atoms with Gasteiger partial charge in [0.25, 0.3) is 0 Å². The fourth-order valence-electron chi connectivity index (χ4n) is 4.59. The molecule has 0 aliphatic rings. The van der Waals surface area contributed by atoms with Crippen LogP contribution in [0.2, 0.25) is 0 Å². The van der Waals surface area contributed by atoms with Crippen LogP contribution in [0.5, 0.6) is 5.75 Å². The van der Waals surface area contributed by atoms with Crippen LogP contribution in [0.3, 0.4) is 0 Å². The third-order valence-corrected chi connectivity index (χ3v) is 9.18. The Bertz CT molecular complexity index is 1280. The molecule has 0 saturated heterocycles. The molecule has 0 amide bonds. The van der Waals surface area contributed by atoms with E-state index in [-0.39, 0.29) is 16.3 Å². The largest absolute Gasteiger partial charge is 0.507 e. The van der Waals surface area contributed by atoms with Crippen molar-refractivity contribution in [1.29, 1.82) is 0 Å². The molecule has 2 heteroatoms. The summed E-state index contributed by atoms with van der Waals surface area (Å²) < 4.78 is 0. The Morgan fingerprint density at radius 1 is 0.588 bits per heavy atom. The molecule has 34 heavy (non-hydrogen) atoms. The zero-order valence-electron chi connectivity index (χ0n) is 21.4. The summed E-state index contributed by atoms with van der Waals surface area (Å²) in [5.74, 6) is 0.413. The molecule has 4 aromatic rings. The van der Waals surface area contributed by atoms with Crippen LogP contribution in [-0.4, -0.2) is 5.11 Å². The summed E-state index contributed by atoms with van der Waals surface area (Å²) in [5.41, 5.74) is 8.16. The van der Waals surface area contributed by atoms with Crippen molar-refractivity contribution in [3.63, 3.8) is 0 Å². The van der Waals surface area contributed by atoms with Gasteiger partial charge in [-0.15, -0.1) is 0 Å². The standard InChI is InChI=1S/C32H34OS/c1-21-23(3)31(33)24(4)22(2)30(21)28-15-11-12-16-29(28)34(26-13-9-8-10-14-26)27-19-17-25(18-20-27)32(5,6)7/h8-20H,1-7H3/p+1. The number of hydrogen-bond acceptors (Lipinski definition) is 1. The molecule has 0 aliphatic carbocycles. The lowest BCUT2D eigenvalue weighted by Crippen LogP contribution is -2.12. The van der Waals surface area contributed by atoms with Crippen molar-refractivity contribution >= 4 is 10.9 Å². The molecule has 1 nitrogen and oxygen atoms in total. The van der Waals surface area contributed by atoms with Crippen molar-refractivity contribution in [2.45, 2.75) is 68.6 Å². The third-order valence-electron chi connectivity index (χ3n) is 6.90. The van der Waals surface area contributed by atoms with Gasteiger partial charge < -0.3 is 5.11 Å². The minimum absolute atomic E-state index is 0.122. The monoisotopic (exact) mass is 467 g/mol. The first-order chi connectivity index (χ1) is 16.1. The molecule has 1 N–H and O–H groups in total. The smallest absolute Gasteiger partial charge is 0.174 e. The van der Waals surface area contributed by atoms with E-state index in [0.717, 1.165) is 22.3 Å². The summed E-state index contributed by atoms with van der Waals surface area (Å²) in [7, 11) is -0.259. The van der Waals surface area contributed by atoms with Crippen LogP contribution in [-0.2, 0) is 16.3 Å². The van der Waals surface area contributed by atoms with Crippen LogP contribution in [0.1, 0.15) is 48.6 Å². The van der Waals surface area contributed by atoms with Gasteiger partial charge in [-0.3, -0.25) is 0 Å². The number of hydrogen-bond donors (Lipinski definition) is 1. The van der Waals surface area contributed by atoms with Gasteiger partial charge in [0.2, 0.25) is 0 Å². The van der Waals surface area contributed by atoms with Crippen molar-refractivity contribution in [2.75, 3.05) is 0 Å². The molecular weight excluding hydrogens is 432 g/mol. The first kappa shape index (κ1) is 24.2. The van der Waals surface area contributed by atoms with E-state index >= 15 is 0 Å². The van der Waals surface area contributed by atoms with Crippen molar-refractivity contribution in [3.8, 4) is 16.9 Å². The van der Waals surface area contributed by atoms with E-state index in [1.54, 1.807) is 0 Å². The van der Waals surface area contributed by atoms with E-state index in [0.29, 0.717) is 5.75 Å². The fourth-order valence-corrected chi connectivity index (χ4v) is 6.81. The van der Waals surface area contributed by atoms with E-state index in [1.165, 1.54) is 31.4 Å². The summed E-state index contributed by atoms with van der Waals surface area (Å²) in [4.78, 5) is 3.93. The molecule has 1 atom stereocenters. The fraction of sp³-hybridized carbons (Fsp3) is 0.250. The molecule has 0 bridgehead atoms. The highest BCUT2D eigenvalue weighted by Gasteiger charge is 2.33. The molecule has 0 spiro atoms. The van der Waals surface area contributed by atoms with Gasteiger partial charge in [0.05, 0.1) is 10.9 Å². The number of phenols is 1. The Morgan fingerprint density at radius 3 is 1.65 bits per heavy atom. The lowest BCUT2D eigenvalue weighted by molar-refractivity contribution is 0.466. The molecule has 0 aliphatic heterocycles. The van der Waals surface area contributed by atoms with Gasteiger partial charge in [0, 0.05) is 5.56 Å². The normalized spacial score (nSPS) is 12.6. The molecule has 4 aromatic carbocycles. The van der Waals surface area contributed by atoms with Crippen LogP contribution in [0.25, 0.3) is 11.1 Å². The predicted octanol–water partition coefficient (Wildman–Crippen LogP) is 8.69. The second-order valence-electron chi connectivity index (χ2n) is 10.1. The van der Waals surface area contributed by atoms with Crippen LogP contribution < -0.4 is 0 Å². The van der Waals surface area contributed by atoms with Crippen molar-refractivity contribution in [1.82, 2.24) is 0 Å². The number of phenolic OH excluding ortho intramolecular Hbond substituents is 1. The molecule has 0 aromatic heterocycles.